The van der Waals surface area contributed by atoms with Gasteiger partial charge in [-0.3, -0.25) is 4.98 Å². The number of hydrogen-bond acceptors (Lipinski definition) is 4. The summed E-state index contributed by atoms with van der Waals surface area (Å²) in [6.07, 6.45) is 1.85. The standard InChI is InChI=1S/C19H26N6.HI/c1-3-20-19(22-15-17-8-6-7-16(2)23-17)25-13-11-24(12-14-25)18-9-4-5-10-21-18;/h4-10H,3,11-15H2,1-2H3,(H,20,22);1H. The van der Waals surface area contributed by atoms with E-state index in [1.807, 2.05) is 43.5 Å². The molecule has 0 atom stereocenters. The number of pyridine rings is 2. The Morgan fingerprint density at radius 1 is 1.12 bits per heavy atom. The Bertz CT molecular complexity index is 698. The van der Waals surface area contributed by atoms with Crippen LogP contribution < -0.4 is 10.2 Å². The normalized spacial score (nSPS) is 14.8. The molecule has 3 rings (SSSR count). The summed E-state index contributed by atoms with van der Waals surface area (Å²) in [6, 6.07) is 12.1. The first-order valence-electron chi connectivity index (χ1n) is 8.88. The molecule has 0 spiro atoms. The lowest BCUT2D eigenvalue weighted by molar-refractivity contribution is 0.371. The monoisotopic (exact) mass is 466 g/mol. The molecule has 0 saturated carbocycles. The van der Waals surface area contributed by atoms with Crippen LogP contribution in [0, 0.1) is 6.92 Å². The van der Waals surface area contributed by atoms with Crippen molar-refractivity contribution >= 4 is 35.8 Å². The van der Waals surface area contributed by atoms with Gasteiger partial charge >= 0.3 is 0 Å². The second-order valence-electron chi connectivity index (χ2n) is 6.10. The first-order chi connectivity index (χ1) is 12.3. The number of nitrogens with zero attached hydrogens (tertiary/aromatic N) is 5. The molecular weight excluding hydrogens is 439 g/mol. The number of aliphatic imine (C=N–C) groups is 1. The molecule has 0 bridgehead atoms. The SMILES string of the molecule is CCNC(=NCc1cccc(C)n1)N1CCN(c2ccccn2)CC1.I. The van der Waals surface area contributed by atoms with Gasteiger partial charge in [0, 0.05) is 44.6 Å². The van der Waals surface area contributed by atoms with Crippen LogP contribution in [-0.2, 0) is 6.54 Å². The number of guanidine groups is 1. The molecule has 0 unspecified atom stereocenters. The summed E-state index contributed by atoms with van der Waals surface area (Å²) in [5.74, 6) is 2.01. The number of piperazine rings is 1. The summed E-state index contributed by atoms with van der Waals surface area (Å²) in [4.78, 5) is 18.4. The van der Waals surface area contributed by atoms with Gasteiger partial charge in [-0.25, -0.2) is 9.98 Å². The molecule has 7 heteroatoms. The third-order valence-corrected chi connectivity index (χ3v) is 4.22. The molecule has 1 aliphatic heterocycles. The molecule has 0 aromatic carbocycles. The summed E-state index contributed by atoms with van der Waals surface area (Å²) in [6.45, 7) is 9.34. The minimum atomic E-state index is 0. The Balaban J connectivity index is 0.00000243. The average Bonchev–Trinajstić information content (AvgIpc) is 2.66. The van der Waals surface area contributed by atoms with Crippen molar-refractivity contribution < 1.29 is 0 Å². The van der Waals surface area contributed by atoms with E-state index in [2.05, 4.69) is 38.1 Å². The van der Waals surface area contributed by atoms with Gasteiger partial charge in [0.1, 0.15) is 5.82 Å². The van der Waals surface area contributed by atoms with Crippen LogP contribution in [0.2, 0.25) is 0 Å². The third-order valence-electron chi connectivity index (χ3n) is 4.22. The van der Waals surface area contributed by atoms with Crippen molar-refractivity contribution in [2.45, 2.75) is 20.4 Å². The first kappa shape index (κ1) is 20.4. The van der Waals surface area contributed by atoms with Gasteiger partial charge in [-0.05, 0) is 38.1 Å². The van der Waals surface area contributed by atoms with E-state index in [4.69, 9.17) is 4.99 Å². The van der Waals surface area contributed by atoms with Crippen LogP contribution in [-0.4, -0.2) is 53.6 Å². The third kappa shape index (κ3) is 5.55. The van der Waals surface area contributed by atoms with Crippen LogP contribution in [0.1, 0.15) is 18.3 Å². The second-order valence-corrected chi connectivity index (χ2v) is 6.10. The maximum absolute atomic E-state index is 4.78. The van der Waals surface area contributed by atoms with Gasteiger partial charge in [-0.1, -0.05) is 12.1 Å². The number of nitrogens with one attached hydrogen (secondary N) is 1. The smallest absolute Gasteiger partial charge is 0.194 e. The zero-order valence-electron chi connectivity index (χ0n) is 15.4. The Morgan fingerprint density at radius 2 is 1.92 bits per heavy atom. The van der Waals surface area contributed by atoms with E-state index in [1.54, 1.807) is 0 Å². The Kier molecular flexibility index (Phi) is 8.08. The van der Waals surface area contributed by atoms with Gasteiger partial charge in [0.25, 0.3) is 0 Å². The van der Waals surface area contributed by atoms with Crippen LogP contribution in [0.25, 0.3) is 0 Å². The van der Waals surface area contributed by atoms with Gasteiger partial charge in [0.2, 0.25) is 0 Å². The molecule has 1 N–H and O–H groups in total. The van der Waals surface area contributed by atoms with Gasteiger partial charge in [0.15, 0.2) is 5.96 Å². The van der Waals surface area contributed by atoms with E-state index < -0.39 is 0 Å². The van der Waals surface area contributed by atoms with Gasteiger partial charge in [0.05, 0.1) is 12.2 Å². The summed E-state index contributed by atoms with van der Waals surface area (Å²) in [7, 11) is 0. The zero-order chi connectivity index (χ0) is 17.5. The fourth-order valence-corrected chi connectivity index (χ4v) is 2.96. The molecule has 1 aliphatic rings. The molecular formula is C19H27IN6. The highest BCUT2D eigenvalue weighted by Gasteiger charge is 2.20. The Hall–Kier alpha value is -1.90. The van der Waals surface area contributed by atoms with E-state index in [1.165, 1.54) is 0 Å². The molecule has 0 amide bonds. The van der Waals surface area contributed by atoms with Gasteiger partial charge < -0.3 is 15.1 Å². The highest BCUT2D eigenvalue weighted by molar-refractivity contribution is 14.0. The van der Waals surface area contributed by atoms with Crippen molar-refractivity contribution in [3.8, 4) is 0 Å². The molecule has 2 aromatic heterocycles. The molecule has 6 nitrogen and oxygen atoms in total. The molecule has 140 valence electrons. The van der Waals surface area contributed by atoms with Crippen LogP contribution >= 0.6 is 24.0 Å². The van der Waals surface area contributed by atoms with Crippen molar-refractivity contribution in [2.75, 3.05) is 37.6 Å². The minimum Gasteiger partial charge on any atom is -0.357 e. The predicted octanol–water partition coefficient (Wildman–Crippen LogP) is 2.69. The van der Waals surface area contributed by atoms with E-state index in [0.717, 1.165) is 55.9 Å². The van der Waals surface area contributed by atoms with E-state index in [9.17, 15) is 0 Å². The van der Waals surface area contributed by atoms with Crippen molar-refractivity contribution in [3.63, 3.8) is 0 Å². The number of halogens is 1. The molecule has 1 saturated heterocycles. The predicted molar refractivity (Wildman–Crippen MR) is 117 cm³/mol. The molecule has 0 aliphatic carbocycles. The van der Waals surface area contributed by atoms with Crippen LogP contribution in [0.4, 0.5) is 5.82 Å². The van der Waals surface area contributed by atoms with Crippen LogP contribution in [0.5, 0.6) is 0 Å². The number of anilines is 1. The molecule has 3 heterocycles. The van der Waals surface area contributed by atoms with Crippen molar-refractivity contribution in [3.05, 3.63) is 54.0 Å². The maximum Gasteiger partial charge on any atom is 0.194 e. The molecule has 26 heavy (non-hydrogen) atoms. The van der Waals surface area contributed by atoms with E-state index in [-0.39, 0.29) is 24.0 Å². The van der Waals surface area contributed by atoms with E-state index in [0.29, 0.717) is 6.54 Å². The summed E-state index contributed by atoms with van der Waals surface area (Å²) in [5.41, 5.74) is 2.03. The number of rotatable bonds is 4. The average molecular weight is 466 g/mol. The number of hydrogen-bond donors (Lipinski definition) is 1. The van der Waals surface area contributed by atoms with Crippen molar-refractivity contribution in [1.29, 1.82) is 0 Å². The van der Waals surface area contributed by atoms with Gasteiger partial charge in [-0.2, -0.15) is 0 Å². The lowest BCUT2D eigenvalue weighted by Gasteiger charge is -2.37. The number of aromatic nitrogens is 2. The zero-order valence-corrected chi connectivity index (χ0v) is 17.8. The lowest BCUT2D eigenvalue weighted by atomic mass is 10.3. The molecule has 0 radical (unpaired) electrons. The highest BCUT2D eigenvalue weighted by atomic mass is 127. The van der Waals surface area contributed by atoms with E-state index >= 15 is 0 Å². The Labute approximate surface area is 172 Å². The summed E-state index contributed by atoms with van der Waals surface area (Å²) >= 11 is 0. The van der Waals surface area contributed by atoms with Gasteiger partial charge in [-0.15, -0.1) is 24.0 Å². The Morgan fingerprint density at radius 3 is 2.58 bits per heavy atom. The van der Waals surface area contributed by atoms with Crippen LogP contribution in [0.3, 0.4) is 0 Å². The number of aryl methyl sites for hydroxylation is 1. The largest absolute Gasteiger partial charge is 0.357 e. The summed E-state index contributed by atoms with van der Waals surface area (Å²) in [5, 5.41) is 3.41. The highest BCUT2D eigenvalue weighted by Crippen LogP contribution is 2.12. The van der Waals surface area contributed by atoms with Crippen molar-refractivity contribution in [1.82, 2.24) is 20.2 Å². The minimum absolute atomic E-state index is 0. The fraction of sp³-hybridized carbons (Fsp3) is 0.421. The topological polar surface area (TPSA) is 56.7 Å². The quantitative estimate of drug-likeness (QED) is 0.427. The molecule has 1 fully saturated rings. The first-order valence-corrected chi connectivity index (χ1v) is 8.88. The van der Waals surface area contributed by atoms with Crippen LogP contribution in [0.15, 0.2) is 47.6 Å². The van der Waals surface area contributed by atoms with Crippen molar-refractivity contribution in [2.24, 2.45) is 4.99 Å². The summed E-state index contributed by atoms with van der Waals surface area (Å²) < 4.78 is 0. The second kappa shape index (κ2) is 10.3. The fourth-order valence-electron chi connectivity index (χ4n) is 2.96. The lowest BCUT2D eigenvalue weighted by Crippen LogP contribution is -2.52. The maximum atomic E-state index is 4.78. The molecule has 2 aromatic rings.